The number of benzene rings is 1. The Morgan fingerprint density at radius 1 is 1.43 bits per heavy atom. The van der Waals surface area contributed by atoms with Crippen LogP contribution in [-0.4, -0.2) is 27.3 Å². The molecular weight excluding hydrogens is 312 g/mol. The van der Waals surface area contributed by atoms with Crippen LogP contribution in [0, 0.1) is 30.1 Å². The smallest absolute Gasteiger partial charge is 0.347 e. The van der Waals surface area contributed by atoms with Gasteiger partial charge in [-0.1, -0.05) is 24.8 Å². The summed E-state index contributed by atoms with van der Waals surface area (Å²) in [7, 11) is 0. The monoisotopic (exact) mass is 326 g/mol. The van der Waals surface area contributed by atoms with E-state index in [0.717, 1.165) is 11.3 Å². The molecule has 0 saturated carbocycles. The van der Waals surface area contributed by atoms with Gasteiger partial charge in [0.25, 0.3) is 0 Å². The largest absolute Gasteiger partial charge is 0.477 e. The Hall–Kier alpha value is -2.67. The third kappa shape index (κ3) is 3.75. The van der Waals surface area contributed by atoms with Gasteiger partial charge in [0.15, 0.2) is 0 Å². The number of aromatic carboxylic acids is 1. The third-order valence-electron chi connectivity index (χ3n) is 3.14. The van der Waals surface area contributed by atoms with Crippen molar-refractivity contribution in [2.45, 2.75) is 26.4 Å². The molecule has 23 heavy (non-hydrogen) atoms. The highest BCUT2D eigenvalue weighted by Gasteiger charge is 2.15. The number of thiazole rings is 1. The number of nitriles is 1. The predicted molar refractivity (Wildman–Crippen MR) is 87.1 cm³/mol. The van der Waals surface area contributed by atoms with E-state index in [1.807, 2.05) is 6.92 Å². The SMILES string of the molecule is CCC(O)C#Cc1ccc(-c2nc(C)c(C(=O)O)s2)cc1C#N. The van der Waals surface area contributed by atoms with Crippen molar-refractivity contribution in [1.29, 1.82) is 5.26 Å². The van der Waals surface area contributed by atoms with E-state index in [2.05, 4.69) is 22.9 Å². The van der Waals surface area contributed by atoms with Crippen molar-refractivity contribution < 1.29 is 15.0 Å². The molecule has 1 unspecified atom stereocenters. The molecule has 0 saturated heterocycles. The van der Waals surface area contributed by atoms with E-state index in [9.17, 15) is 15.2 Å². The first kappa shape index (κ1) is 16.7. The predicted octanol–water partition coefficient (Wildman–Crippen LogP) is 2.81. The van der Waals surface area contributed by atoms with E-state index < -0.39 is 12.1 Å². The Bertz CT molecular complexity index is 853. The van der Waals surface area contributed by atoms with Gasteiger partial charge in [-0.15, -0.1) is 11.3 Å². The fraction of sp³-hybridized carbons (Fsp3) is 0.235. The van der Waals surface area contributed by atoms with Gasteiger partial charge in [-0.25, -0.2) is 9.78 Å². The first-order valence-electron chi connectivity index (χ1n) is 6.91. The van der Waals surface area contributed by atoms with Gasteiger partial charge >= 0.3 is 5.97 Å². The maximum Gasteiger partial charge on any atom is 0.347 e. The van der Waals surface area contributed by atoms with Gasteiger partial charge < -0.3 is 10.2 Å². The number of aromatic nitrogens is 1. The molecule has 0 aliphatic heterocycles. The average Bonchev–Trinajstić information content (AvgIpc) is 2.94. The number of hydrogen-bond donors (Lipinski definition) is 2. The highest BCUT2D eigenvalue weighted by Crippen LogP contribution is 2.29. The van der Waals surface area contributed by atoms with Gasteiger partial charge in [0, 0.05) is 11.1 Å². The van der Waals surface area contributed by atoms with E-state index in [1.54, 1.807) is 25.1 Å². The fourth-order valence-corrected chi connectivity index (χ4v) is 2.76. The molecule has 0 bridgehead atoms. The molecule has 0 spiro atoms. The van der Waals surface area contributed by atoms with Crippen molar-refractivity contribution in [3.8, 4) is 28.5 Å². The summed E-state index contributed by atoms with van der Waals surface area (Å²) in [6, 6.07) is 7.12. The van der Waals surface area contributed by atoms with Crippen molar-refractivity contribution in [2.75, 3.05) is 0 Å². The summed E-state index contributed by atoms with van der Waals surface area (Å²) in [6.07, 6.45) is -0.204. The van der Waals surface area contributed by atoms with E-state index in [0.29, 0.717) is 33.8 Å². The summed E-state index contributed by atoms with van der Waals surface area (Å²) >= 11 is 1.07. The van der Waals surface area contributed by atoms with Crippen molar-refractivity contribution in [2.24, 2.45) is 0 Å². The van der Waals surface area contributed by atoms with Crippen LogP contribution in [-0.2, 0) is 0 Å². The minimum atomic E-state index is -1.01. The number of aliphatic hydroxyl groups is 1. The second-order valence-electron chi connectivity index (χ2n) is 4.80. The molecule has 2 N–H and O–H groups in total. The van der Waals surface area contributed by atoms with Crippen molar-refractivity contribution in [3.05, 3.63) is 39.9 Å². The molecule has 5 nitrogen and oxygen atoms in total. The maximum absolute atomic E-state index is 11.1. The van der Waals surface area contributed by atoms with E-state index in [1.165, 1.54) is 0 Å². The standard InChI is InChI=1S/C17H14N2O3S/c1-3-14(20)7-6-11-4-5-12(8-13(11)9-18)16-19-10(2)15(23-16)17(21)22/h4-5,8,14,20H,3H2,1-2H3,(H,21,22). The molecule has 1 aromatic carbocycles. The molecule has 0 aliphatic carbocycles. The quantitative estimate of drug-likeness (QED) is 0.846. The van der Waals surface area contributed by atoms with Crippen molar-refractivity contribution in [1.82, 2.24) is 4.98 Å². The Labute approximate surface area is 137 Å². The van der Waals surface area contributed by atoms with Crippen LogP contribution in [0.25, 0.3) is 10.6 Å². The normalized spacial score (nSPS) is 11.2. The number of carbonyl (C=O) groups is 1. The summed E-state index contributed by atoms with van der Waals surface area (Å²) in [5.41, 5.74) is 2.01. The third-order valence-corrected chi connectivity index (χ3v) is 4.33. The molecule has 1 atom stereocenters. The minimum Gasteiger partial charge on any atom is -0.477 e. The van der Waals surface area contributed by atoms with Crippen LogP contribution in [0.2, 0.25) is 0 Å². The number of carboxylic acids is 1. The molecule has 2 aromatic rings. The van der Waals surface area contributed by atoms with Crippen LogP contribution in [0.15, 0.2) is 18.2 Å². The van der Waals surface area contributed by atoms with Crippen molar-refractivity contribution in [3.63, 3.8) is 0 Å². The molecule has 0 aliphatic rings. The lowest BCUT2D eigenvalue weighted by atomic mass is 10.0. The summed E-state index contributed by atoms with van der Waals surface area (Å²) in [5.74, 6) is 4.46. The first-order valence-corrected chi connectivity index (χ1v) is 7.72. The van der Waals surface area contributed by atoms with Crippen LogP contribution < -0.4 is 0 Å². The summed E-state index contributed by atoms with van der Waals surface area (Å²) in [6.45, 7) is 3.46. The molecule has 2 rings (SSSR count). The highest BCUT2D eigenvalue weighted by molar-refractivity contribution is 7.17. The van der Waals surface area contributed by atoms with Gasteiger partial charge in [0.2, 0.25) is 0 Å². The Morgan fingerprint density at radius 3 is 2.74 bits per heavy atom. The topological polar surface area (TPSA) is 94.2 Å². The summed E-state index contributed by atoms with van der Waals surface area (Å²) < 4.78 is 0. The number of rotatable bonds is 3. The van der Waals surface area contributed by atoms with Gasteiger partial charge in [0.05, 0.1) is 11.3 Å². The molecule has 6 heteroatoms. The minimum absolute atomic E-state index is 0.188. The summed E-state index contributed by atoms with van der Waals surface area (Å²) in [4.78, 5) is 15.5. The molecule has 0 radical (unpaired) electrons. The highest BCUT2D eigenvalue weighted by atomic mass is 32.1. The van der Waals surface area contributed by atoms with Gasteiger partial charge in [-0.3, -0.25) is 0 Å². The van der Waals surface area contributed by atoms with E-state index >= 15 is 0 Å². The van der Waals surface area contributed by atoms with Crippen LogP contribution in [0.1, 0.15) is 39.8 Å². The average molecular weight is 326 g/mol. The second-order valence-corrected chi connectivity index (χ2v) is 5.80. The van der Waals surface area contributed by atoms with Gasteiger partial charge in [0.1, 0.15) is 22.1 Å². The lowest BCUT2D eigenvalue weighted by Crippen LogP contribution is -1.99. The number of hydrogen-bond acceptors (Lipinski definition) is 5. The number of carboxylic acid groups (broad SMARTS) is 1. The Balaban J connectivity index is 2.43. The lowest BCUT2D eigenvalue weighted by Gasteiger charge is -2.00. The van der Waals surface area contributed by atoms with E-state index in [-0.39, 0.29) is 4.88 Å². The molecule has 0 amide bonds. The number of aliphatic hydroxyl groups excluding tert-OH is 1. The van der Waals surface area contributed by atoms with Crippen LogP contribution in [0.5, 0.6) is 0 Å². The molecule has 1 aromatic heterocycles. The first-order chi connectivity index (χ1) is 11.0. The van der Waals surface area contributed by atoms with Crippen LogP contribution in [0.3, 0.4) is 0 Å². The Morgan fingerprint density at radius 2 is 2.17 bits per heavy atom. The van der Waals surface area contributed by atoms with Gasteiger partial charge in [-0.2, -0.15) is 5.26 Å². The summed E-state index contributed by atoms with van der Waals surface area (Å²) in [5, 5.41) is 28.4. The zero-order valence-electron chi connectivity index (χ0n) is 12.6. The Kier molecular flexibility index (Phi) is 5.13. The molecule has 0 fully saturated rings. The maximum atomic E-state index is 11.1. The van der Waals surface area contributed by atoms with Crippen LogP contribution in [0.4, 0.5) is 0 Å². The number of nitrogens with zero attached hydrogens (tertiary/aromatic N) is 2. The van der Waals surface area contributed by atoms with E-state index in [4.69, 9.17) is 5.11 Å². The zero-order valence-corrected chi connectivity index (χ0v) is 13.4. The van der Waals surface area contributed by atoms with Gasteiger partial charge in [-0.05, 0) is 25.5 Å². The number of aryl methyl sites for hydroxylation is 1. The molecule has 1 heterocycles. The zero-order chi connectivity index (χ0) is 17.0. The van der Waals surface area contributed by atoms with Crippen molar-refractivity contribution >= 4 is 17.3 Å². The lowest BCUT2D eigenvalue weighted by molar-refractivity contribution is 0.0701. The fourth-order valence-electron chi connectivity index (χ4n) is 1.86. The second kappa shape index (κ2) is 7.06. The van der Waals surface area contributed by atoms with Crippen LogP contribution >= 0.6 is 11.3 Å². The molecular formula is C17H14N2O3S. The molecule has 116 valence electrons.